The van der Waals surface area contributed by atoms with Crippen molar-refractivity contribution in [2.45, 2.75) is 26.3 Å². The van der Waals surface area contributed by atoms with E-state index >= 15 is 0 Å². The van der Waals surface area contributed by atoms with Crippen LogP contribution in [0.2, 0.25) is 0 Å². The topological polar surface area (TPSA) is 47.3 Å². The highest BCUT2D eigenvalue weighted by Gasteiger charge is 2.28. The van der Waals surface area contributed by atoms with Crippen LogP contribution < -0.4 is 0 Å². The van der Waals surface area contributed by atoms with E-state index in [2.05, 4.69) is 0 Å². The van der Waals surface area contributed by atoms with Crippen molar-refractivity contribution in [1.82, 2.24) is 10.0 Å². The molecule has 1 atom stereocenters. The van der Waals surface area contributed by atoms with E-state index < -0.39 is 0 Å². The van der Waals surface area contributed by atoms with Gasteiger partial charge in [-0.25, -0.2) is 10.0 Å². The van der Waals surface area contributed by atoms with Crippen LogP contribution in [0.4, 0.5) is 0 Å². The number of carbonyl (C=O) groups excluding carboxylic acids is 1. The fourth-order valence-corrected chi connectivity index (χ4v) is 1.47. The zero-order chi connectivity index (χ0) is 10.0. The van der Waals surface area contributed by atoms with Crippen molar-refractivity contribution in [3.63, 3.8) is 0 Å². The van der Waals surface area contributed by atoms with Crippen LogP contribution in [0, 0.1) is 11.3 Å². The largest absolute Gasteiger partial charge is 0.272 e. The van der Waals surface area contributed by atoms with Gasteiger partial charge >= 0.3 is 0 Å². The van der Waals surface area contributed by atoms with Crippen molar-refractivity contribution in [3.8, 4) is 6.07 Å². The molecule has 1 unspecified atom stereocenters. The number of likely N-dealkylation sites (N-methyl/N-ethyl adjacent to an activating group) is 1. The summed E-state index contributed by atoms with van der Waals surface area (Å²) in [5.74, 6) is -0.164. The molecule has 0 radical (unpaired) electrons. The van der Waals surface area contributed by atoms with Crippen LogP contribution in [0.1, 0.15) is 20.3 Å². The average Bonchev–Trinajstić information content (AvgIpc) is 2.27. The van der Waals surface area contributed by atoms with Crippen molar-refractivity contribution in [2.75, 3.05) is 7.05 Å². The first kappa shape index (κ1) is 9.75. The monoisotopic (exact) mass is 179 g/mol. The van der Waals surface area contributed by atoms with Crippen LogP contribution in [0.25, 0.3) is 0 Å². The Morgan fingerprint density at radius 2 is 2.38 bits per heavy atom. The fraction of sp³-hybridized carbons (Fsp3) is 0.556. The summed E-state index contributed by atoms with van der Waals surface area (Å²) in [6.45, 7) is 3.87. The van der Waals surface area contributed by atoms with Gasteiger partial charge in [-0.05, 0) is 19.9 Å². The van der Waals surface area contributed by atoms with Gasteiger partial charge in [-0.15, -0.1) is 0 Å². The van der Waals surface area contributed by atoms with Crippen LogP contribution >= 0.6 is 0 Å². The van der Waals surface area contributed by atoms with E-state index in [1.54, 1.807) is 5.01 Å². The Bertz CT molecular complexity index is 290. The first-order valence-electron chi connectivity index (χ1n) is 4.19. The number of nitriles is 1. The third-order valence-electron chi connectivity index (χ3n) is 2.19. The third-order valence-corrected chi connectivity index (χ3v) is 2.19. The molecule has 1 rings (SSSR count). The number of allylic oxidation sites excluding steroid dienone is 1. The summed E-state index contributed by atoms with van der Waals surface area (Å²) < 4.78 is 0. The normalized spacial score (nSPS) is 22.8. The van der Waals surface area contributed by atoms with Gasteiger partial charge in [-0.3, -0.25) is 4.79 Å². The molecular formula is C9H13N3O. The highest BCUT2D eigenvalue weighted by atomic mass is 16.2. The molecule has 1 aliphatic rings. The molecule has 0 saturated carbocycles. The Labute approximate surface area is 78.0 Å². The van der Waals surface area contributed by atoms with Gasteiger partial charge in [-0.1, -0.05) is 0 Å². The van der Waals surface area contributed by atoms with Gasteiger partial charge in [0.1, 0.15) is 6.42 Å². The SMILES string of the molecule is CC1=CC(C)N(C)N1C(=O)CC#N. The Morgan fingerprint density at radius 1 is 1.77 bits per heavy atom. The van der Waals surface area contributed by atoms with Crippen LogP contribution in [-0.2, 0) is 4.79 Å². The number of carbonyl (C=O) groups is 1. The van der Waals surface area contributed by atoms with Gasteiger partial charge in [0, 0.05) is 18.8 Å². The summed E-state index contributed by atoms with van der Waals surface area (Å²) in [6.07, 6.45) is 1.93. The maximum absolute atomic E-state index is 11.4. The fourth-order valence-electron chi connectivity index (χ4n) is 1.47. The molecule has 4 heteroatoms. The molecule has 1 heterocycles. The molecule has 0 aromatic carbocycles. The van der Waals surface area contributed by atoms with E-state index in [1.165, 1.54) is 0 Å². The molecule has 4 nitrogen and oxygen atoms in total. The van der Waals surface area contributed by atoms with Gasteiger partial charge < -0.3 is 0 Å². The van der Waals surface area contributed by atoms with Crippen molar-refractivity contribution in [2.24, 2.45) is 0 Å². The van der Waals surface area contributed by atoms with Crippen molar-refractivity contribution in [3.05, 3.63) is 11.8 Å². The standard InChI is InChI=1S/C9H13N3O/c1-7-6-8(2)12(11(7)3)9(13)4-5-10/h6-7H,4H2,1-3H3. The minimum atomic E-state index is -0.164. The first-order chi connectivity index (χ1) is 6.07. The zero-order valence-electron chi connectivity index (χ0n) is 8.11. The molecule has 1 aliphatic heterocycles. The first-order valence-corrected chi connectivity index (χ1v) is 4.19. The molecule has 0 fully saturated rings. The van der Waals surface area contributed by atoms with Crippen molar-refractivity contribution < 1.29 is 4.79 Å². The van der Waals surface area contributed by atoms with Crippen molar-refractivity contribution >= 4 is 5.91 Å². The maximum Gasteiger partial charge on any atom is 0.255 e. The smallest absolute Gasteiger partial charge is 0.255 e. The molecule has 1 amide bonds. The number of amides is 1. The summed E-state index contributed by atoms with van der Waals surface area (Å²) in [5, 5.41) is 11.8. The van der Waals surface area contributed by atoms with Crippen LogP contribution in [0.15, 0.2) is 11.8 Å². The predicted octanol–water partition coefficient (Wildman–Crippen LogP) is 0.881. The number of nitrogens with zero attached hydrogens (tertiary/aromatic N) is 3. The summed E-state index contributed by atoms with van der Waals surface area (Å²) in [7, 11) is 1.84. The molecule has 0 aromatic heterocycles. The minimum absolute atomic E-state index is 0.0672. The highest BCUT2D eigenvalue weighted by Crippen LogP contribution is 2.20. The minimum Gasteiger partial charge on any atom is -0.272 e. The number of rotatable bonds is 1. The van der Waals surface area contributed by atoms with E-state index in [0.717, 1.165) is 5.70 Å². The number of hydrogen-bond acceptors (Lipinski definition) is 3. The van der Waals surface area contributed by atoms with Gasteiger partial charge in [0.25, 0.3) is 5.91 Å². The lowest BCUT2D eigenvalue weighted by atomic mass is 10.3. The summed E-state index contributed by atoms with van der Waals surface area (Å²) in [6, 6.07) is 2.08. The predicted molar refractivity (Wildman–Crippen MR) is 48.1 cm³/mol. The molecule has 0 spiro atoms. The Hall–Kier alpha value is -1.34. The third kappa shape index (κ3) is 1.70. The lowest BCUT2D eigenvalue weighted by Gasteiger charge is -2.27. The molecule has 13 heavy (non-hydrogen) atoms. The molecule has 0 N–H and O–H groups in total. The van der Waals surface area contributed by atoms with E-state index in [4.69, 9.17) is 5.26 Å². The Kier molecular flexibility index (Phi) is 2.69. The van der Waals surface area contributed by atoms with Gasteiger partial charge in [0.15, 0.2) is 0 Å². The Morgan fingerprint density at radius 3 is 2.77 bits per heavy atom. The Balaban J connectivity index is 2.77. The van der Waals surface area contributed by atoms with Gasteiger partial charge in [0.2, 0.25) is 0 Å². The zero-order valence-corrected chi connectivity index (χ0v) is 8.11. The highest BCUT2D eigenvalue weighted by molar-refractivity contribution is 5.79. The summed E-state index contributed by atoms with van der Waals surface area (Å²) >= 11 is 0. The van der Waals surface area contributed by atoms with Crippen LogP contribution in [-0.4, -0.2) is 29.0 Å². The van der Waals surface area contributed by atoms with E-state index in [9.17, 15) is 4.79 Å². The van der Waals surface area contributed by atoms with Gasteiger partial charge in [0.05, 0.1) is 6.07 Å². The van der Waals surface area contributed by atoms with Crippen LogP contribution in [0.5, 0.6) is 0 Å². The lowest BCUT2D eigenvalue weighted by Crippen LogP contribution is -2.41. The maximum atomic E-state index is 11.4. The number of hydrazine groups is 1. The molecular weight excluding hydrogens is 166 g/mol. The van der Waals surface area contributed by atoms with Crippen LogP contribution in [0.3, 0.4) is 0 Å². The quantitative estimate of drug-likeness (QED) is 0.600. The molecule has 0 bridgehead atoms. The van der Waals surface area contributed by atoms with E-state index in [0.29, 0.717) is 0 Å². The van der Waals surface area contributed by atoms with Gasteiger partial charge in [-0.2, -0.15) is 5.26 Å². The second-order valence-corrected chi connectivity index (χ2v) is 3.16. The molecule has 70 valence electrons. The summed E-state index contributed by atoms with van der Waals surface area (Å²) in [4.78, 5) is 11.4. The molecule has 0 aromatic rings. The summed E-state index contributed by atoms with van der Waals surface area (Å²) in [5.41, 5.74) is 0.898. The second-order valence-electron chi connectivity index (χ2n) is 3.16. The number of hydrogen-bond donors (Lipinski definition) is 0. The molecule has 0 aliphatic carbocycles. The second kappa shape index (κ2) is 3.58. The molecule has 0 saturated heterocycles. The van der Waals surface area contributed by atoms with Crippen molar-refractivity contribution in [1.29, 1.82) is 5.26 Å². The van der Waals surface area contributed by atoms with E-state index in [-0.39, 0.29) is 18.4 Å². The lowest BCUT2D eigenvalue weighted by molar-refractivity contribution is -0.140. The van der Waals surface area contributed by atoms with E-state index in [1.807, 2.05) is 38.0 Å². The average molecular weight is 179 g/mol.